The molecule has 1 saturated carbocycles. The summed E-state index contributed by atoms with van der Waals surface area (Å²) in [5.41, 5.74) is 0. The van der Waals surface area contributed by atoms with Crippen molar-refractivity contribution in [2.24, 2.45) is 0 Å². The smallest absolute Gasteiger partial charge is 0.0249 e. The summed E-state index contributed by atoms with van der Waals surface area (Å²) >= 11 is 0. The third-order valence-corrected chi connectivity index (χ3v) is 3.46. The molecular weight excluding hydrogens is 148 g/mol. The Morgan fingerprint density at radius 2 is 1.83 bits per heavy atom. The lowest BCUT2D eigenvalue weighted by Gasteiger charge is -2.28. The van der Waals surface area contributed by atoms with Crippen molar-refractivity contribution in [3.8, 4) is 0 Å². The topological polar surface area (TPSA) is 15.3 Å². The zero-order valence-electron chi connectivity index (χ0n) is 8.05. The Morgan fingerprint density at radius 3 is 2.50 bits per heavy atom. The standard InChI is InChI=1S/C10H20N2/c1-11-9-5-4-6-10(9)12-7-2-3-8-12/h9-11H,2-8H2,1H3/t9-,10-/m1/s1. The van der Waals surface area contributed by atoms with Gasteiger partial charge in [0, 0.05) is 12.1 Å². The number of nitrogens with zero attached hydrogens (tertiary/aromatic N) is 1. The van der Waals surface area contributed by atoms with Gasteiger partial charge in [-0.25, -0.2) is 0 Å². The van der Waals surface area contributed by atoms with Crippen LogP contribution in [-0.4, -0.2) is 37.1 Å². The summed E-state index contributed by atoms with van der Waals surface area (Å²) in [5, 5.41) is 3.45. The summed E-state index contributed by atoms with van der Waals surface area (Å²) in [4.78, 5) is 2.69. The van der Waals surface area contributed by atoms with Gasteiger partial charge in [-0.1, -0.05) is 6.42 Å². The molecule has 2 heteroatoms. The van der Waals surface area contributed by atoms with E-state index < -0.39 is 0 Å². The van der Waals surface area contributed by atoms with E-state index in [1.165, 1.54) is 45.2 Å². The van der Waals surface area contributed by atoms with Gasteiger partial charge in [0.05, 0.1) is 0 Å². The summed E-state index contributed by atoms with van der Waals surface area (Å²) in [6.45, 7) is 2.70. The van der Waals surface area contributed by atoms with Crippen LogP contribution in [0.1, 0.15) is 32.1 Å². The molecule has 2 rings (SSSR count). The van der Waals surface area contributed by atoms with E-state index in [9.17, 15) is 0 Å². The monoisotopic (exact) mass is 168 g/mol. The molecule has 1 saturated heterocycles. The molecule has 2 atom stereocenters. The molecule has 70 valence electrons. The molecule has 1 aliphatic heterocycles. The van der Waals surface area contributed by atoms with Crippen LogP contribution in [-0.2, 0) is 0 Å². The minimum absolute atomic E-state index is 0.781. The van der Waals surface area contributed by atoms with Gasteiger partial charge < -0.3 is 5.32 Å². The van der Waals surface area contributed by atoms with E-state index in [4.69, 9.17) is 0 Å². The maximum Gasteiger partial charge on any atom is 0.0249 e. The first kappa shape index (κ1) is 8.52. The lowest BCUT2D eigenvalue weighted by molar-refractivity contribution is 0.216. The fourth-order valence-corrected chi connectivity index (χ4v) is 2.79. The van der Waals surface area contributed by atoms with Crippen LogP contribution in [0.2, 0.25) is 0 Å². The molecule has 0 spiro atoms. The Hall–Kier alpha value is -0.0800. The van der Waals surface area contributed by atoms with Crippen LogP contribution in [0.3, 0.4) is 0 Å². The van der Waals surface area contributed by atoms with Crippen molar-refractivity contribution in [2.75, 3.05) is 20.1 Å². The second-order valence-electron chi connectivity index (χ2n) is 4.14. The molecule has 1 N–H and O–H groups in total. The van der Waals surface area contributed by atoms with Crippen LogP contribution >= 0.6 is 0 Å². The average Bonchev–Trinajstić information content (AvgIpc) is 2.74. The van der Waals surface area contributed by atoms with Crippen molar-refractivity contribution < 1.29 is 0 Å². The van der Waals surface area contributed by atoms with Gasteiger partial charge in [-0.3, -0.25) is 4.90 Å². The molecule has 0 radical (unpaired) electrons. The highest BCUT2D eigenvalue weighted by atomic mass is 15.2. The van der Waals surface area contributed by atoms with E-state index in [-0.39, 0.29) is 0 Å². The second-order valence-corrected chi connectivity index (χ2v) is 4.14. The first-order valence-electron chi connectivity index (χ1n) is 5.33. The molecule has 1 heterocycles. The predicted octanol–water partition coefficient (Wildman–Crippen LogP) is 1.22. The van der Waals surface area contributed by atoms with Crippen molar-refractivity contribution in [1.29, 1.82) is 0 Å². The highest BCUT2D eigenvalue weighted by Crippen LogP contribution is 2.26. The van der Waals surface area contributed by atoms with E-state index in [0.29, 0.717) is 0 Å². The van der Waals surface area contributed by atoms with E-state index in [0.717, 1.165) is 12.1 Å². The van der Waals surface area contributed by atoms with Gasteiger partial charge >= 0.3 is 0 Å². The highest BCUT2D eigenvalue weighted by Gasteiger charge is 2.31. The quantitative estimate of drug-likeness (QED) is 0.667. The van der Waals surface area contributed by atoms with Crippen LogP contribution in [0.15, 0.2) is 0 Å². The molecule has 0 aromatic rings. The summed E-state index contributed by atoms with van der Waals surface area (Å²) in [7, 11) is 2.11. The Kier molecular flexibility index (Phi) is 2.66. The lowest BCUT2D eigenvalue weighted by atomic mass is 10.1. The van der Waals surface area contributed by atoms with Gasteiger partial charge in [-0.15, -0.1) is 0 Å². The molecule has 12 heavy (non-hydrogen) atoms. The first-order valence-corrected chi connectivity index (χ1v) is 5.33. The zero-order valence-corrected chi connectivity index (χ0v) is 8.05. The van der Waals surface area contributed by atoms with Crippen LogP contribution in [0.5, 0.6) is 0 Å². The van der Waals surface area contributed by atoms with Gasteiger partial charge in [0.1, 0.15) is 0 Å². The number of likely N-dealkylation sites (tertiary alicyclic amines) is 1. The van der Waals surface area contributed by atoms with E-state index in [1.807, 2.05) is 0 Å². The van der Waals surface area contributed by atoms with Crippen LogP contribution in [0.4, 0.5) is 0 Å². The lowest BCUT2D eigenvalue weighted by Crippen LogP contribution is -2.44. The molecular formula is C10H20N2. The first-order chi connectivity index (χ1) is 5.92. The SMILES string of the molecule is CN[C@@H]1CCC[C@H]1N1CCCC1. The third-order valence-electron chi connectivity index (χ3n) is 3.46. The minimum atomic E-state index is 0.781. The van der Waals surface area contributed by atoms with E-state index in [1.54, 1.807) is 0 Å². The maximum atomic E-state index is 3.45. The van der Waals surface area contributed by atoms with Crippen molar-refractivity contribution >= 4 is 0 Å². The van der Waals surface area contributed by atoms with Gasteiger partial charge in [0.15, 0.2) is 0 Å². The van der Waals surface area contributed by atoms with Crippen molar-refractivity contribution in [3.63, 3.8) is 0 Å². The summed E-state index contributed by atoms with van der Waals surface area (Å²) in [5.74, 6) is 0. The fourth-order valence-electron chi connectivity index (χ4n) is 2.79. The predicted molar refractivity (Wildman–Crippen MR) is 51.3 cm³/mol. The number of hydrogen-bond donors (Lipinski definition) is 1. The van der Waals surface area contributed by atoms with E-state index >= 15 is 0 Å². The summed E-state index contributed by atoms with van der Waals surface area (Å²) < 4.78 is 0. The average molecular weight is 168 g/mol. The van der Waals surface area contributed by atoms with Crippen LogP contribution < -0.4 is 5.32 Å². The molecule has 2 aliphatic rings. The summed E-state index contributed by atoms with van der Waals surface area (Å²) in [6.07, 6.45) is 7.08. The van der Waals surface area contributed by atoms with Crippen molar-refractivity contribution in [3.05, 3.63) is 0 Å². The zero-order chi connectivity index (χ0) is 8.39. The Bertz CT molecular complexity index is 141. The largest absolute Gasteiger partial charge is 0.315 e. The fraction of sp³-hybridized carbons (Fsp3) is 1.00. The molecule has 1 aliphatic carbocycles. The van der Waals surface area contributed by atoms with Gasteiger partial charge in [0.25, 0.3) is 0 Å². The summed E-state index contributed by atoms with van der Waals surface area (Å²) in [6, 6.07) is 1.64. The molecule has 0 aromatic carbocycles. The Labute approximate surface area is 75.3 Å². The molecule has 0 aromatic heterocycles. The molecule has 2 fully saturated rings. The number of hydrogen-bond acceptors (Lipinski definition) is 2. The molecule has 0 unspecified atom stereocenters. The minimum Gasteiger partial charge on any atom is -0.315 e. The molecule has 2 nitrogen and oxygen atoms in total. The van der Waals surface area contributed by atoms with Crippen LogP contribution in [0, 0.1) is 0 Å². The number of rotatable bonds is 2. The molecule has 0 amide bonds. The normalized spacial score (nSPS) is 37.8. The van der Waals surface area contributed by atoms with Crippen molar-refractivity contribution in [2.45, 2.75) is 44.2 Å². The molecule has 0 bridgehead atoms. The van der Waals surface area contributed by atoms with Gasteiger partial charge in [-0.2, -0.15) is 0 Å². The second kappa shape index (κ2) is 3.75. The Balaban J connectivity index is 1.92. The number of likely N-dealkylation sites (N-methyl/N-ethyl adjacent to an activating group) is 1. The third kappa shape index (κ3) is 1.50. The number of nitrogens with one attached hydrogen (secondary N) is 1. The van der Waals surface area contributed by atoms with Gasteiger partial charge in [0.2, 0.25) is 0 Å². The van der Waals surface area contributed by atoms with Crippen LogP contribution in [0.25, 0.3) is 0 Å². The van der Waals surface area contributed by atoms with E-state index in [2.05, 4.69) is 17.3 Å². The van der Waals surface area contributed by atoms with Crippen molar-refractivity contribution in [1.82, 2.24) is 10.2 Å². The maximum absolute atomic E-state index is 3.45. The Morgan fingerprint density at radius 1 is 1.08 bits per heavy atom. The highest BCUT2D eigenvalue weighted by molar-refractivity contribution is 4.90. The van der Waals surface area contributed by atoms with Gasteiger partial charge in [-0.05, 0) is 45.8 Å².